The van der Waals surface area contributed by atoms with Crippen molar-refractivity contribution >= 4 is 23.7 Å². The number of benzene rings is 2. The number of carbonyl (C=O) groups excluding carboxylic acids is 3. The maximum absolute atomic E-state index is 13.5. The molecule has 11 heteroatoms. The third-order valence-electron chi connectivity index (χ3n) is 7.01. The number of unbranched alkanes of at least 4 members (excludes halogenated alkanes) is 1. The van der Waals surface area contributed by atoms with Crippen molar-refractivity contribution in [2.24, 2.45) is 17.4 Å². The fourth-order valence-electron chi connectivity index (χ4n) is 4.26. The van der Waals surface area contributed by atoms with Gasteiger partial charge >= 0.3 is 5.97 Å². The highest BCUT2D eigenvalue weighted by atomic mass is 16.4. The Kier molecular flexibility index (Phi) is 13.8. The molecule has 9 N–H and O–H groups in total. The summed E-state index contributed by atoms with van der Waals surface area (Å²) in [7, 11) is 0. The highest BCUT2D eigenvalue weighted by Gasteiger charge is 2.32. The SMILES string of the molecule is CCC(C)C(NC(=O)C(N)CCCCN)C(=O)NC(Cc1ccccc1)C(=O)NC(Cc1ccc(O)cc1)C(=O)O. The van der Waals surface area contributed by atoms with Crippen molar-refractivity contribution < 1.29 is 29.4 Å². The molecule has 2 aromatic carbocycles. The molecule has 0 heterocycles. The fraction of sp³-hybridized carbons (Fsp3) is 0.467. The molecular formula is C30H43N5O6. The van der Waals surface area contributed by atoms with Crippen LogP contribution in [0.25, 0.3) is 0 Å². The number of phenols is 1. The normalized spacial score (nSPS) is 14.6. The van der Waals surface area contributed by atoms with Crippen LogP contribution in [0.5, 0.6) is 5.75 Å². The smallest absolute Gasteiger partial charge is 0.326 e. The average molecular weight is 570 g/mol. The zero-order chi connectivity index (χ0) is 30.4. The lowest BCUT2D eigenvalue weighted by Gasteiger charge is -2.28. The van der Waals surface area contributed by atoms with Gasteiger partial charge in [-0.3, -0.25) is 14.4 Å². The minimum atomic E-state index is -1.28. The van der Waals surface area contributed by atoms with Crippen LogP contribution in [0.3, 0.4) is 0 Å². The van der Waals surface area contributed by atoms with Crippen LogP contribution < -0.4 is 27.4 Å². The predicted octanol–water partition coefficient (Wildman–Crippen LogP) is 1.22. The molecule has 41 heavy (non-hydrogen) atoms. The van der Waals surface area contributed by atoms with E-state index in [0.717, 1.165) is 12.0 Å². The van der Waals surface area contributed by atoms with Crippen LogP contribution in [0.4, 0.5) is 0 Å². The molecule has 0 radical (unpaired) electrons. The Balaban J connectivity index is 2.23. The van der Waals surface area contributed by atoms with E-state index in [1.54, 1.807) is 36.4 Å². The third kappa shape index (κ3) is 11.2. The van der Waals surface area contributed by atoms with E-state index >= 15 is 0 Å². The first-order valence-electron chi connectivity index (χ1n) is 14.0. The van der Waals surface area contributed by atoms with E-state index < -0.39 is 47.9 Å². The Morgan fingerprint density at radius 3 is 1.98 bits per heavy atom. The van der Waals surface area contributed by atoms with Gasteiger partial charge in [-0.2, -0.15) is 0 Å². The minimum Gasteiger partial charge on any atom is -0.508 e. The molecule has 0 aliphatic heterocycles. The summed E-state index contributed by atoms with van der Waals surface area (Å²) in [4.78, 5) is 51.7. The molecule has 0 saturated heterocycles. The molecule has 0 bridgehead atoms. The molecule has 0 aliphatic carbocycles. The third-order valence-corrected chi connectivity index (χ3v) is 7.01. The number of hydrogen-bond acceptors (Lipinski definition) is 7. The van der Waals surface area contributed by atoms with Crippen LogP contribution in [0.2, 0.25) is 0 Å². The second kappa shape index (κ2) is 17.0. The van der Waals surface area contributed by atoms with Crippen molar-refractivity contribution in [3.8, 4) is 5.75 Å². The monoisotopic (exact) mass is 569 g/mol. The molecule has 224 valence electrons. The molecule has 11 nitrogen and oxygen atoms in total. The number of carbonyl (C=O) groups is 4. The molecule has 0 fully saturated rings. The van der Waals surface area contributed by atoms with E-state index in [9.17, 15) is 29.4 Å². The van der Waals surface area contributed by atoms with Gasteiger partial charge in [0.2, 0.25) is 17.7 Å². The van der Waals surface area contributed by atoms with E-state index in [1.165, 1.54) is 12.1 Å². The minimum absolute atomic E-state index is 0.0268. The number of nitrogens with two attached hydrogens (primary N) is 2. The quantitative estimate of drug-likeness (QED) is 0.138. The Hall–Kier alpha value is -3.96. The summed E-state index contributed by atoms with van der Waals surface area (Å²) in [5.41, 5.74) is 12.9. The second-order valence-electron chi connectivity index (χ2n) is 10.3. The van der Waals surface area contributed by atoms with Crippen molar-refractivity contribution in [3.05, 3.63) is 65.7 Å². The van der Waals surface area contributed by atoms with E-state index in [0.29, 0.717) is 31.4 Å². The first-order valence-corrected chi connectivity index (χ1v) is 14.0. The van der Waals surface area contributed by atoms with E-state index in [4.69, 9.17) is 11.5 Å². The summed E-state index contributed by atoms with van der Waals surface area (Å²) in [5.74, 6) is -3.19. The zero-order valence-corrected chi connectivity index (χ0v) is 23.7. The Bertz CT molecular complexity index is 1130. The van der Waals surface area contributed by atoms with Gasteiger partial charge in [-0.15, -0.1) is 0 Å². The van der Waals surface area contributed by atoms with E-state index in [1.807, 2.05) is 19.9 Å². The van der Waals surface area contributed by atoms with Crippen LogP contribution in [0.15, 0.2) is 54.6 Å². The summed E-state index contributed by atoms with van der Waals surface area (Å²) in [6, 6.07) is 10.9. The molecule has 0 saturated carbocycles. The van der Waals surface area contributed by atoms with Crippen molar-refractivity contribution in [1.29, 1.82) is 0 Å². The highest BCUT2D eigenvalue weighted by molar-refractivity contribution is 5.94. The van der Waals surface area contributed by atoms with Crippen molar-refractivity contribution in [2.45, 2.75) is 76.5 Å². The Morgan fingerprint density at radius 2 is 1.39 bits per heavy atom. The van der Waals surface area contributed by atoms with Crippen LogP contribution in [0, 0.1) is 5.92 Å². The van der Waals surface area contributed by atoms with Crippen molar-refractivity contribution in [3.63, 3.8) is 0 Å². The lowest BCUT2D eigenvalue weighted by atomic mass is 9.96. The maximum Gasteiger partial charge on any atom is 0.326 e. The molecule has 2 rings (SSSR count). The number of aromatic hydroxyl groups is 1. The molecule has 5 unspecified atom stereocenters. The standard InChI is InChI=1S/C30H43N5O6/c1-3-19(2)26(35-27(37)23(32)11-7-8-16-31)29(39)33-24(17-20-9-5-4-6-10-20)28(38)34-25(30(40)41)18-21-12-14-22(36)15-13-21/h4-6,9-10,12-15,19,23-26,36H,3,7-8,11,16-18,31-32H2,1-2H3,(H,33,39)(H,34,38)(H,35,37)(H,40,41). The van der Waals surface area contributed by atoms with E-state index in [2.05, 4.69) is 16.0 Å². The number of carboxylic acid groups (broad SMARTS) is 1. The van der Waals surface area contributed by atoms with Crippen LogP contribution in [-0.4, -0.2) is 64.6 Å². The molecular weight excluding hydrogens is 526 g/mol. The number of aliphatic carboxylic acids is 1. The number of amides is 3. The van der Waals surface area contributed by atoms with Gasteiger partial charge in [-0.25, -0.2) is 4.79 Å². The van der Waals surface area contributed by atoms with Crippen molar-refractivity contribution in [2.75, 3.05) is 6.54 Å². The summed E-state index contributed by atoms with van der Waals surface area (Å²) < 4.78 is 0. The number of phenolic OH excluding ortho intramolecular Hbond substituents is 1. The van der Waals surface area contributed by atoms with Crippen LogP contribution in [0.1, 0.15) is 50.7 Å². The second-order valence-corrected chi connectivity index (χ2v) is 10.3. The molecule has 0 aliphatic rings. The largest absolute Gasteiger partial charge is 0.508 e. The van der Waals surface area contributed by atoms with Gasteiger partial charge < -0.3 is 37.6 Å². The van der Waals surface area contributed by atoms with Gasteiger partial charge in [0, 0.05) is 12.8 Å². The number of hydrogen-bond donors (Lipinski definition) is 7. The number of rotatable bonds is 17. The first kappa shape index (κ1) is 33.2. The maximum atomic E-state index is 13.5. The topological polar surface area (TPSA) is 197 Å². The lowest BCUT2D eigenvalue weighted by molar-refractivity contribution is -0.142. The van der Waals surface area contributed by atoms with Crippen LogP contribution >= 0.6 is 0 Å². The Labute approximate surface area is 241 Å². The van der Waals surface area contributed by atoms with Gasteiger partial charge in [0.05, 0.1) is 6.04 Å². The molecule has 3 amide bonds. The van der Waals surface area contributed by atoms with Crippen LogP contribution in [-0.2, 0) is 32.0 Å². The van der Waals surface area contributed by atoms with Gasteiger partial charge in [-0.1, -0.05) is 69.2 Å². The van der Waals surface area contributed by atoms with Crippen molar-refractivity contribution in [1.82, 2.24) is 16.0 Å². The molecule has 5 atom stereocenters. The number of carboxylic acids is 1. The van der Waals surface area contributed by atoms with Gasteiger partial charge in [0.15, 0.2) is 0 Å². The predicted molar refractivity (Wildman–Crippen MR) is 156 cm³/mol. The number of nitrogens with one attached hydrogen (secondary N) is 3. The summed E-state index contributed by atoms with van der Waals surface area (Å²) in [5, 5.41) is 27.3. The van der Waals surface area contributed by atoms with E-state index in [-0.39, 0.29) is 24.5 Å². The fourth-order valence-corrected chi connectivity index (χ4v) is 4.26. The van der Waals surface area contributed by atoms with Gasteiger partial charge in [0.25, 0.3) is 0 Å². The van der Waals surface area contributed by atoms with Gasteiger partial charge in [0.1, 0.15) is 23.9 Å². The average Bonchev–Trinajstić information content (AvgIpc) is 2.96. The summed E-state index contributed by atoms with van der Waals surface area (Å²) in [6.45, 7) is 4.19. The molecule has 2 aromatic rings. The molecule has 0 spiro atoms. The highest BCUT2D eigenvalue weighted by Crippen LogP contribution is 2.13. The summed E-state index contributed by atoms with van der Waals surface area (Å²) >= 11 is 0. The van der Waals surface area contributed by atoms with Gasteiger partial charge in [-0.05, 0) is 48.6 Å². The zero-order valence-electron chi connectivity index (χ0n) is 23.7. The first-order chi connectivity index (χ1) is 19.5. The molecule has 0 aromatic heterocycles. The Morgan fingerprint density at radius 1 is 0.805 bits per heavy atom. The lowest BCUT2D eigenvalue weighted by Crippen LogP contribution is -2.59. The summed E-state index contributed by atoms with van der Waals surface area (Å²) in [6.07, 6.45) is 2.49.